The van der Waals surface area contributed by atoms with E-state index in [2.05, 4.69) is 44.3 Å². The smallest absolute Gasteiger partial charge is 0.134 e. The molecule has 1 aromatic carbocycles. The second-order valence-electron chi connectivity index (χ2n) is 6.02. The van der Waals surface area contributed by atoms with Crippen LogP contribution in [0.4, 0.5) is 0 Å². The minimum atomic E-state index is 0.348. The minimum absolute atomic E-state index is 0.348. The molecule has 110 valence electrons. The normalized spacial score (nSPS) is 13.2. The Morgan fingerprint density at radius 2 is 1.95 bits per heavy atom. The third kappa shape index (κ3) is 4.11. The summed E-state index contributed by atoms with van der Waals surface area (Å²) in [5.41, 5.74) is 0.995. The van der Waals surface area contributed by atoms with Gasteiger partial charge in [0, 0.05) is 5.39 Å². The van der Waals surface area contributed by atoms with Crippen LogP contribution < -0.4 is 5.32 Å². The van der Waals surface area contributed by atoms with Crippen LogP contribution in [0.3, 0.4) is 0 Å². The summed E-state index contributed by atoms with van der Waals surface area (Å²) in [6, 6.07) is 10.8. The highest BCUT2D eigenvalue weighted by molar-refractivity contribution is 5.77. The second-order valence-corrected chi connectivity index (χ2v) is 6.02. The first-order valence-corrected chi connectivity index (χ1v) is 7.92. The van der Waals surface area contributed by atoms with E-state index in [1.807, 2.05) is 12.1 Å². The molecule has 0 radical (unpaired) electrons. The van der Waals surface area contributed by atoms with Crippen LogP contribution in [0.5, 0.6) is 0 Å². The van der Waals surface area contributed by atoms with Gasteiger partial charge in [0.15, 0.2) is 0 Å². The first-order chi connectivity index (χ1) is 9.70. The fraction of sp³-hybridized carbons (Fsp3) is 0.556. The minimum Gasteiger partial charge on any atom is -0.459 e. The Bertz CT molecular complexity index is 482. The van der Waals surface area contributed by atoms with Crippen molar-refractivity contribution in [2.45, 2.75) is 52.5 Å². The van der Waals surface area contributed by atoms with E-state index in [9.17, 15) is 0 Å². The summed E-state index contributed by atoms with van der Waals surface area (Å²) >= 11 is 0. The lowest BCUT2D eigenvalue weighted by molar-refractivity contribution is 0.388. The molecule has 0 bridgehead atoms. The van der Waals surface area contributed by atoms with E-state index < -0.39 is 0 Å². The van der Waals surface area contributed by atoms with E-state index in [1.165, 1.54) is 18.2 Å². The van der Waals surface area contributed by atoms with Gasteiger partial charge in [0.25, 0.3) is 0 Å². The molecule has 2 rings (SSSR count). The SMILES string of the molecule is CCCNC(CCCC(C)C)c1cc2ccccc2o1. The van der Waals surface area contributed by atoms with Crippen molar-refractivity contribution < 1.29 is 4.42 Å². The van der Waals surface area contributed by atoms with Crippen LogP contribution in [0.1, 0.15) is 58.3 Å². The summed E-state index contributed by atoms with van der Waals surface area (Å²) in [7, 11) is 0. The van der Waals surface area contributed by atoms with Crippen molar-refractivity contribution >= 4 is 11.0 Å². The van der Waals surface area contributed by atoms with Crippen molar-refractivity contribution in [3.05, 3.63) is 36.1 Å². The van der Waals surface area contributed by atoms with Crippen molar-refractivity contribution in [3.63, 3.8) is 0 Å². The predicted octanol–water partition coefficient (Wildman–Crippen LogP) is 5.30. The molecule has 1 unspecified atom stereocenters. The molecule has 0 spiro atoms. The van der Waals surface area contributed by atoms with Crippen LogP contribution in [0.2, 0.25) is 0 Å². The number of nitrogens with one attached hydrogen (secondary N) is 1. The molecule has 0 fully saturated rings. The number of rotatable bonds is 8. The second kappa shape index (κ2) is 7.49. The van der Waals surface area contributed by atoms with Crippen molar-refractivity contribution in [1.29, 1.82) is 0 Å². The third-order valence-electron chi connectivity index (χ3n) is 3.70. The van der Waals surface area contributed by atoms with Crippen molar-refractivity contribution in [2.75, 3.05) is 6.54 Å². The molecule has 20 heavy (non-hydrogen) atoms. The van der Waals surface area contributed by atoms with Gasteiger partial charge in [0.1, 0.15) is 11.3 Å². The van der Waals surface area contributed by atoms with Gasteiger partial charge in [-0.1, -0.05) is 51.8 Å². The molecular weight excluding hydrogens is 246 g/mol. The maximum Gasteiger partial charge on any atom is 0.134 e. The summed E-state index contributed by atoms with van der Waals surface area (Å²) in [6.45, 7) is 7.82. The quantitative estimate of drug-likeness (QED) is 0.706. The molecule has 1 atom stereocenters. The van der Waals surface area contributed by atoms with Crippen LogP contribution in [0.25, 0.3) is 11.0 Å². The molecule has 0 aliphatic carbocycles. The molecule has 1 heterocycles. The molecule has 0 saturated heterocycles. The molecule has 0 amide bonds. The number of furan rings is 1. The van der Waals surface area contributed by atoms with Crippen LogP contribution in [0.15, 0.2) is 34.7 Å². The number of hydrogen-bond donors (Lipinski definition) is 1. The predicted molar refractivity (Wildman–Crippen MR) is 85.9 cm³/mol. The molecule has 2 aromatic rings. The van der Waals surface area contributed by atoms with Crippen molar-refractivity contribution in [2.24, 2.45) is 5.92 Å². The Kier molecular flexibility index (Phi) is 5.66. The Morgan fingerprint density at radius 1 is 1.15 bits per heavy atom. The van der Waals surface area contributed by atoms with Gasteiger partial charge in [-0.25, -0.2) is 0 Å². The molecule has 2 nitrogen and oxygen atoms in total. The number of hydrogen-bond acceptors (Lipinski definition) is 2. The van der Waals surface area contributed by atoms with Crippen LogP contribution in [0, 0.1) is 5.92 Å². The van der Waals surface area contributed by atoms with Gasteiger partial charge in [-0.3, -0.25) is 0 Å². The largest absolute Gasteiger partial charge is 0.459 e. The zero-order valence-corrected chi connectivity index (χ0v) is 13.0. The number of para-hydroxylation sites is 1. The summed E-state index contributed by atoms with van der Waals surface area (Å²) in [5.74, 6) is 1.86. The van der Waals surface area contributed by atoms with Gasteiger partial charge in [-0.15, -0.1) is 0 Å². The highest BCUT2D eigenvalue weighted by Crippen LogP contribution is 2.27. The molecule has 2 heteroatoms. The zero-order valence-electron chi connectivity index (χ0n) is 13.0. The highest BCUT2D eigenvalue weighted by Gasteiger charge is 2.15. The summed E-state index contributed by atoms with van der Waals surface area (Å²) in [6.07, 6.45) is 4.83. The van der Waals surface area contributed by atoms with Crippen LogP contribution in [-0.4, -0.2) is 6.54 Å². The van der Waals surface area contributed by atoms with Gasteiger partial charge in [0.2, 0.25) is 0 Å². The average Bonchev–Trinajstić information content (AvgIpc) is 2.85. The topological polar surface area (TPSA) is 25.2 Å². The first kappa shape index (κ1) is 15.1. The third-order valence-corrected chi connectivity index (χ3v) is 3.70. The van der Waals surface area contributed by atoms with Gasteiger partial charge in [-0.05, 0) is 37.4 Å². The van der Waals surface area contributed by atoms with Gasteiger partial charge < -0.3 is 9.73 Å². The Hall–Kier alpha value is -1.28. The molecular formula is C18H27NO. The Morgan fingerprint density at radius 3 is 2.65 bits per heavy atom. The van der Waals surface area contributed by atoms with Crippen molar-refractivity contribution in [1.82, 2.24) is 5.32 Å². The van der Waals surface area contributed by atoms with Gasteiger partial charge >= 0.3 is 0 Å². The number of fused-ring (bicyclic) bond motifs is 1. The van der Waals surface area contributed by atoms with Gasteiger partial charge in [-0.2, -0.15) is 0 Å². The molecule has 0 saturated carbocycles. The summed E-state index contributed by atoms with van der Waals surface area (Å²) in [5, 5.41) is 4.83. The summed E-state index contributed by atoms with van der Waals surface area (Å²) in [4.78, 5) is 0. The lowest BCUT2D eigenvalue weighted by Crippen LogP contribution is -2.21. The van der Waals surface area contributed by atoms with E-state index in [0.29, 0.717) is 6.04 Å². The molecule has 1 aromatic heterocycles. The van der Waals surface area contributed by atoms with E-state index in [4.69, 9.17) is 4.42 Å². The van der Waals surface area contributed by atoms with E-state index >= 15 is 0 Å². The Balaban J connectivity index is 2.07. The van der Waals surface area contributed by atoms with E-state index in [1.54, 1.807) is 0 Å². The highest BCUT2D eigenvalue weighted by atomic mass is 16.3. The summed E-state index contributed by atoms with van der Waals surface area (Å²) < 4.78 is 6.02. The van der Waals surface area contributed by atoms with Crippen LogP contribution in [-0.2, 0) is 0 Å². The van der Waals surface area contributed by atoms with Gasteiger partial charge in [0.05, 0.1) is 6.04 Å². The monoisotopic (exact) mass is 273 g/mol. The lowest BCUT2D eigenvalue weighted by Gasteiger charge is -2.16. The van der Waals surface area contributed by atoms with E-state index in [0.717, 1.165) is 36.6 Å². The van der Waals surface area contributed by atoms with Crippen molar-refractivity contribution in [3.8, 4) is 0 Å². The first-order valence-electron chi connectivity index (χ1n) is 7.92. The Labute approximate surface area is 122 Å². The average molecular weight is 273 g/mol. The fourth-order valence-electron chi connectivity index (χ4n) is 2.57. The molecule has 0 aliphatic rings. The zero-order chi connectivity index (χ0) is 14.4. The van der Waals surface area contributed by atoms with Crippen LogP contribution >= 0.6 is 0 Å². The molecule has 1 N–H and O–H groups in total. The maximum absolute atomic E-state index is 6.02. The maximum atomic E-state index is 6.02. The molecule has 0 aliphatic heterocycles. The number of benzene rings is 1. The van der Waals surface area contributed by atoms with E-state index in [-0.39, 0.29) is 0 Å². The lowest BCUT2D eigenvalue weighted by atomic mass is 10.0. The standard InChI is InChI=1S/C18H27NO/c1-4-12-19-16(10-7-8-14(2)3)18-13-15-9-5-6-11-17(15)20-18/h5-6,9,11,13-14,16,19H,4,7-8,10,12H2,1-3H3. The fourth-order valence-corrected chi connectivity index (χ4v) is 2.57.